The molecule has 72 valence electrons. The Bertz CT molecular complexity index is 490. The molecule has 0 saturated carbocycles. The van der Waals surface area contributed by atoms with Crippen molar-refractivity contribution in [2.45, 2.75) is 6.42 Å². The summed E-state index contributed by atoms with van der Waals surface area (Å²) in [6, 6.07) is 4.92. The summed E-state index contributed by atoms with van der Waals surface area (Å²) in [5.41, 5.74) is 7.00. The van der Waals surface area contributed by atoms with E-state index in [9.17, 15) is 4.39 Å². The molecular formula is C10H9FN2S. The van der Waals surface area contributed by atoms with E-state index in [0.29, 0.717) is 16.8 Å². The number of aromatic nitrogens is 1. The topological polar surface area (TPSA) is 41.8 Å². The Labute approximate surface area is 85.9 Å². The Kier molecular flexibility index (Phi) is 2.21. The quantitative estimate of drug-likeness (QED) is 0.742. The zero-order valence-corrected chi connectivity index (χ0v) is 8.20. The predicted octanol–water partition coefficient (Wildman–Crippen LogP) is 2.14. The Morgan fingerprint density at radius 3 is 3.00 bits per heavy atom. The molecule has 4 heteroatoms. The van der Waals surface area contributed by atoms with Gasteiger partial charge in [0.15, 0.2) is 0 Å². The van der Waals surface area contributed by atoms with Crippen LogP contribution in [0.5, 0.6) is 0 Å². The molecule has 1 aromatic heterocycles. The molecule has 2 aromatic rings. The van der Waals surface area contributed by atoms with Gasteiger partial charge in [0, 0.05) is 23.5 Å². The Balaban J connectivity index is 2.61. The van der Waals surface area contributed by atoms with Crippen LogP contribution in [-0.4, -0.2) is 9.97 Å². The molecule has 0 radical (unpaired) electrons. The van der Waals surface area contributed by atoms with Crippen molar-refractivity contribution in [3.05, 3.63) is 35.8 Å². The van der Waals surface area contributed by atoms with Crippen LogP contribution in [0.1, 0.15) is 5.56 Å². The molecule has 0 spiro atoms. The largest absolute Gasteiger partial charge is 0.393 e. The fourth-order valence-electron chi connectivity index (χ4n) is 1.53. The van der Waals surface area contributed by atoms with Crippen LogP contribution >= 0.6 is 12.2 Å². The molecule has 0 unspecified atom stereocenters. The summed E-state index contributed by atoms with van der Waals surface area (Å²) in [6.45, 7) is 0. The summed E-state index contributed by atoms with van der Waals surface area (Å²) in [6.07, 6.45) is 2.17. The van der Waals surface area contributed by atoms with Crippen LogP contribution in [-0.2, 0) is 6.42 Å². The van der Waals surface area contributed by atoms with Crippen LogP contribution in [0.3, 0.4) is 0 Å². The summed E-state index contributed by atoms with van der Waals surface area (Å²) in [5.74, 6) is -0.241. The molecule has 0 aliphatic carbocycles. The number of nitrogens with one attached hydrogen (secondary N) is 1. The molecule has 0 aliphatic rings. The van der Waals surface area contributed by atoms with Crippen molar-refractivity contribution in [3.63, 3.8) is 0 Å². The molecule has 1 heterocycles. The number of aromatic amines is 1. The highest BCUT2D eigenvalue weighted by atomic mass is 32.1. The molecule has 0 bridgehead atoms. The van der Waals surface area contributed by atoms with Gasteiger partial charge in [0.1, 0.15) is 5.82 Å². The van der Waals surface area contributed by atoms with Crippen LogP contribution in [0.25, 0.3) is 10.9 Å². The number of rotatable bonds is 2. The van der Waals surface area contributed by atoms with Crippen LogP contribution in [0, 0.1) is 5.82 Å². The van der Waals surface area contributed by atoms with Gasteiger partial charge in [-0.05, 0) is 17.7 Å². The zero-order chi connectivity index (χ0) is 10.1. The van der Waals surface area contributed by atoms with E-state index in [1.807, 2.05) is 6.07 Å². The number of halogens is 1. The van der Waals surface area contributed by atoms with Crippen LogP contribution in [0.15, 0.2) is 24.4 Å². The van der Waals surface area contributed by atoms with E-state index in [0.717, 1.165) is 11.1 Å². The van der Waals surface area contributed by atoms with Crippen molar-refractivity contribution in [3.8, 4) is 0 Å². The predicted molar refractivity (Wildman–Crippen MR) is 58.7 cm³/mol. The third-order valence-corrected chi connectivity index (χ3v) is 2.25. The smallest absolute Gasteiger partial charge is 0.132 e. The second-order valence-corrected chi connectivity index (χ2v) is 3.64. The lowest BCUT2D eigenvalue weighted by molar-refractivity contribution is 0.639. The van der Waals surface area contributed by atoms with Gasteiger partial charge in [-0.25, -0.2) is 4.39 Å². The van der Waals surface area contributed by atoms with Crippen molar-refractivity contribution in [1.29, 1.82) is 0 Å². The molecular weight excluding hydrogens is 199 g/mol. The van der Waals surface area contributed by atoms with Gasteiger partial charge in [-0.3, -0.25) is 0 Å². The van der Waals surface area contributed by atoms with E-state index in [1.54, 1.807) is 12.3 Å². The third kappa shape index (κ3) is 1.48. The maximum absolute atomic E-state index is 13.4. The second-order valence-electron chi connectivity index (χ2n) is 3.12. The Morgan fingerprint density at radius 2 is 2.29 bits per heavy atom. The van der Waals surface area contributed by atoms with Crippen LogP contribution < -0.4 is 5.73 Å². The van der Waals surface area contributed by atoms with Crippen molar-refractivity contribution in [2.75, 3.05) is 0 Å². The van der Waals surface area contributed by atoms with E-state index in [-0.39, 0.29) is 5.82 Å². The fourth-order valence-corrected chi connectivity index (χ4v) is 1.69. The summed E-state index contributed by atoms with van der Waals surface area (Å²) in [5, 5.41) is 0.584. The maximum Gasteiger partial charge on any atom is 0.132 e. The van der Waals surface area contributed by atoms with Crippen molar-refractivity contribution >= 4 is 28.1 Å². The first-order valence-electron chi connectivity index (χ1n) is 4.21. The Morgan fingerprint density at radius 1 is 1.50 bits per heavy atom. The van der Waals surface area contributed by atoms with E-state index < -0.39 is 0 Å². The highest BCUT2D eigenvalue weighted by Crippen LogP contribution is 2.21. The fraction of sp³-hybridized carbons (Fsp3) is 0.100. The summed E-state index contributed by atoms with van der Waals surface area (Å²) in [7, 11) is 0. The summed E-state index contributed by atoms with van der Waals surface area (Å²) >= 11 is 4.79. The average molecular weight is 208 g/mol. The van der Waals surface area contributed by atoms with E-state index in [1.165, 1.54) is 6.07 Å². The first-order valence-corrected chi connectivity index (χ1v) is 4.62. The number of benzene rings is 1. The minimum Gasteiger partial charge on any atom is -0.393 e. The highest BCUT2D eigenvalue weighted by Gasteiger charge is 2.08. The standard InChI is InChI=1S/C10H9FN2S/c11-7-2-1-3-8-10(7)6(5-13-8)4-9(12)14/h1-3,5,13H,4H2,(H2,12,14). The van der Waals surface area contributed by atoms with Crippen molar-refractivity contribution in [1.82, 2.24) is 4.98 Å². The molecule has 0 saturated heterocycles. The lowest BCUT2D eigenvalue weighted by atomic mass is 10.1. The number of H-pyrrole nitrogens is 1. The minimum atomic E-state index is -0.241. The van der Waals surface area contributed by atoms with Crippen LogP contribution in [0.4, 0.5) is 4.39 Å². The van der Waals surface area contributed by atoms with Gasteiger partial charge in [0.05, 0.1) is 4.99 Å². The first-order chi connectivity index (χ1) is 6.68. The number of nitrogens with two attached hydrogens (primary N) is 1. The number of thiocarbonyl (C=S) groups is 1. The Hall–Kier alpha value is -1.42. The molecule has 1 aromatic carbocycles. The van der Waals surface area contributed by atoms with Gasteiger partial charge in [-0.15, -0.1) is 0 Å². The maximum atomic E-state index is 13.4. The van der Waals surface area contributed by atoms with Crippen molar-refractivity contribution < 1.29 is 4.39 Å². The van der Waals surface area contributed by atoms with Gasteiger partial charge in [-0.2, -0.15) is 0 Å². The molecule has 0 aliphatic heterocycles. The first kappa shape index (κ1) is 9.15. The van der Waals surface area contributed by atoms with Gasteiger partial charge in [-0.1, -0.05) is 18.3 Å². The normalized spacial score (nSPS) is 10.6. The number of hydrogen-bond acceptors (Lipinski definition) is 1. The number of hydrogen-bond donors (Lipinski definition) is 2. The van der Waals surface area contributed by atoms with E-state index in [4.69, 9.17) is 18.0 Å². The van der Waals surface area contributed by atoms with Gasteiger partial charge < -0.3 is 10.7 Å². The van der Waals surface area contributed by atoms with Gasteiger partial charge in [0.2, 0.25) is 0 Å². The van der Waals surface area contributed by atoms with Crippen LogP contribution in [0.2, 0.25) is 0 Å². The molecule has 0 fully saturated rings. The highest BCUT2D eigenvalue weighted by molar-refractivity contribution is 7.80. The average Bonchev–Trinajstić information content (AvgIpc) is 2.49. The summed E-state index contributed by atoms with van der Waals surface area (Å²) in [4.78, 5) is 3.35. The molecule has 0 amide bonds. The zero-order valence-electron chi connectivity index (χ0n) is 7.38. The second kappa shape index (κ2) is 3.38. The molecule has 3 N–H and O–H groups in total. The molecule has 2 rings (SSSR count). The van der Waals surface area contributed by atoms with E-state index >= 15 is 0 Å². The lowest BCUT2D eigenvalue weighted by Gasteiger charge is -1.97. The van der Waals surface area contributed by atoms with Gasteiger partial charge in [0.25, 0.3) is 0 Å². The van der Waals surface area contributed by atoms with Crippen molar-refractivity contribution in [2.24, 2.45) is 5.73 Å². The van der Waals surface area contributed by atoms with E-state index in [2.05, 4.69) is 4.98 Å². The molecule has 14 heavy (non-hydrogen) atoms. The molecule has 2 nitrogen and oxygen atoms in total. The lowest BCUT2D eigenvalue weighted by Crippen LogP contribution is -2.10. The molecule has 0 atom stereocenters. The minimum absolute atomic E-state index is 0.241. The number of fused-ring (bicyclic) bond motifs is 1. The third-order valence-electron chi connectivity index (χ3n) is 2.10. The monoisotopic (exact) mass is 208 g/mol. The SMILES string of the molecule is NC(=S)Cc1c[nH]c2cccc(F)c12. The summed E-state index contributed by atoms with van der Waals surface area (Å²) < 4.78 is 13.4. The van der Waals surface area contributed by atoms with Gasteiger partial charge >= 0.3 is 0 Å².